The number of carbonyl (C=O) groups excluding carboxylic acids is 1. The summed E-state index contributed by atoms with van der Waals surface area (Å²) >= 11 is 0. The van der Waals surface area contributed by atoms with Gasteiger partial charge < -0.3 is 19.4 Å². The normalized spacial score (nSPS) is 19.1. The topological polar surface area (TPSA) is 85.6 Å². The summed E-state index contributed by atoms with van der Waals surface area (Å²) in [5.74, 6) is -1.28. The molecule has 8 nitrogen and oxygen atoms in total. The van der Waals surface area contributed by atoms with E-state index in [1.165, 1.54) is 15.8 Å². The van der Waals surface area contributed by atoms with Crippen LogP contribution in [0.15, 0.2) is 67.1 Å². The van der Waals surface area contributed by atoms with Gasteiger partial charge in [-0.2, -0.15) is 5.26 Å². The van der Waals surface area contributed by atoms with Crippen LogP contribution in [-0.2, 0) is 4.79 Å². The predicted octanol–water partition coefficient (Wildman–Crippen LogP) is 5.65. The summed E-state index contributed by atoms with van der Waals surface area (Å²) in [6.45, 7) is 7.92. The Kier molecular flexibility index (Phi) is 7.96. The van der Waals surface area contributed by atoms with E-state index in [4.69, 9.17) is 14.7 Å². The number of aromatic nitrogens is 2. The SMILES string of the molecule is C=C(F)C(=O)N1CCN(c2cc(OCC3CCCN3C)nc3cc(-c4cccc5cccc(C)c45)cnc23)CC1CC#N. The molecule has 4 heterocycles. The fourth-order valence-corrected chi connectivity index (χ4v) is 6.45. The first-order valence-electron chi connectivity index (χ1n) is 14.7. The molecule has 2 aromatic carbocycles. The molecule has 2 aliphatic rings. The lowest BCUT2D eigenvalue weighted by molar-refractivity contribution is -0.131. The molecular formula is C34H35FN6O2. The maximum atomic E-state index is 13.8. The van der Waals surface area contributed by atoms with Crippen molar-refractivity contribution in [1.82, 2.24) is 19.8 Å². The molecule has 2 aliphatic heterocycles. The third kappa shape index (κ3) is 5.63. The van der Waals surface area contributed by atoms with Crippen molar-refractivity contribution in [1.29, 1.82) is 5.26 Å². The molecule has 0 N–H and O–H groups in total. The molecule has 0 spiro atoms. The number of nitrogens with zero attached hydrogens (tertiary/aromatic N) is 6. The fourth-order valence-electron chi connectivity index (χ4n) is 6.45. The summed E-state index contributed by atoms with van der Waals surface area (Å²) in [7, 11) is 2.12. The number of hydrogen-bond donors (Lipinski definition) is 0. The van der Waals surface area contributed by atoms with Gasteiger partial charge in [0.05, 0.1) is 29.7 Å². The molecule has 220 valence electrons. The summed E-state index contributed by atoms with van der Waals surface area (Å²) in [5.41, 5.74) is 5.44. The zero-order valence-electron chi connectivity index (χ0n) is 24.6. The second-order valence-electron chi connectivity index (χ2n) is 11.5. The first-order valence-corrected chi connectivity index (χ1v) is 14.7. The van der Waals surface area contributed by atoms with Gasteiger partial charge in [-0.3, -0.25) is 9.78 Å². The predicted molar refractivity (Wildman–Crippen MR) is 167 cm³/mol. The van der Waals surface area contributed by atoms with Crippen molar-refractivity contribution in [3.63, 3.8) is 0 Å². The van der Waals surface area contributed by atoms with Gasteiger partial charge in [-0.15, -0.1) is 0 Å². The number of rotatable bonds is 7. The highest BCUT2D eigenvalue weighted by atomic mass is 19.1. The van der Waals surface area contributed by atoms with Crippen molar-refractivity contribution in [2.45, 2.75) is 38.3 Å². The lowest BCUT2D eigenvalue weighted by atomic mass is 9.96. The Balaban J connectivity index is 1.41. The highest BCUT2D eigenvalue weighted by Crippen LogP contribution is 2.36. The van der Waals surface area contributed by atoms with Gasteiger partial charge in [0.25, 0.3) is 5.91 Å². The van der Waals surface area contributed by atoms with E-state index in [2.05, 4.69) is 78.9 Å². The standard InChI is InChI=1S/C34H35FN6O2/c1-22-7-4-8-24-9-5-11-28(32(22)24)25-17-29-33(37-19-25)30(18-31(38-29)43-21-27-10-6-14-39(27)3)40-15-16-41(34(42)23(2)35)26(20-40)12-13-36/h4-5,7-9,11,17-19,26-27H,2,6,10,12,14-16,20-21H2,1,3H3. The number of ether oxygens (including phenoxy) is 1. The maximum Gasteiger partial charge on any atom is 0.282 e. The molecule has 6 rings (SSSR count). The van der Waals surface area contributed by atoms with E-state index in [1.807, 2.05) is 12.3 Å². The smallest absolute Gasteiger partial charge is 0.282 e. The van der Waals surface area contributed by atoms with Crippen LogP contribution in [0.1, 0.15) is 24.8 Å². The monoisotopic (exact) mass is 578 g/mol. The van der Waals surface area contributed by atoms with Crippen molar-refractivity contribution in [3.05, 3.63) is 72.7 Å². The van der Waals surface area contributed by atoms with Crippen molar-refractivity contribution < 1.29 is 13.9 Å². The Morgan fingerprint density at radius 3 is 2.72 bits per heavy atom. The number of piperazine rings is 1. The maximum absolute atomic E-state index is 13.8. The number of carbonyl (C=O) groups is 1. The summed E-state index contributed by atoms with van der Waals surface area (Å²) in [4.78, 5) is 28.2. The molecule has 2 fully saturated rings. The average Bonchev–Trinajstić information content (AvgIpc) is 3.43. The van der Waals surface area contributed by atoms with E-state index in [0.717, 1.165) is 41.6 Å². The lowest BCUT2D eigenvalue weighted by Gasteiger charge is -2.41. The Morgan fingerprint density at radius 2 is 1.98 bits per heavy atom. The summed E-state index contributed by atoms with van der Waals surface area (Å²) in [6.07, 6.45) is 4.18. The molecule has 4 aromatic rings. The quantitative estimate of drug-likeness (QED) is 0.262. The molecule has 43 heavy (non-hydrogen) atoms. The average molecular weight is 579 g/mol. The highest BCUT2D eigenvalue weighted by Gasteiger charge is 2.33. The molecular weight excluding hydrogens is 543 g/mol. The number of nitriles is 1. The van der Waals surface area contributed by atoms with Crippen LogP contribution in [0.4, 0.5) is 10.1 Å². The molecule has 2 aromatic heterocycles. The van der Waals surface area contributed by atoms with Crippen molar-refractivity contribution in [3.8, 4) is 23.1 Å². The minimum Gasteiger partial charge on any atom is -0.476 e. The van der Waals surface area contributed by atoms with Crippen LogP contribution in [0.3, 0.4) is 0 Å². The van der Waals surface area contributed by atoms with Crippen LogP contribution in [0, 0.1) is 18.3 Å². The van der Waals surface area contributed by atoms with E-state index in [0.29, 0.717) is 42.7 Å². The van der Waals surface area contributed by atoms with Crippen molar-refractivity contribution in [2.24, 2.45) is 0 Å². The van der Waals surface area contributed by atoms with Crippen molar-refractivity contribution in [2.75, 3.05) is 44.7 Å². The zero-order chi connectivity index (χ0) is 30.1. The van der Waals surface area contributed by atoms with Gasteiger partial charge in [-0.25, -0.2) is 9.37 Å². The van der Waals surface area contributed by atoms with Gasteiger partial charge in [0.15, 0.2) is 5.83 Å². The number of halogens is 1. The second kappa shape index (κ2) is 12.0. The van der Waals surface area contributed by atoms with Crippen molar-refractivity contribution >= 4 is 33.4 Å². The lowest BCUT2D eigenvalue weighted by Crippen LogP contribution is -2.55. The van der Waals surface area contributed by atoms with E-state index in [1.54, 1.807) is 0 Å². The van der Waals surface area contributed by atoms with E-state index >= 15 is 0 Å². The molecule has 0 aliphatic carbocycles. The minimum absolute atomic E-state index is 0.0773. The number of likely N-dealkylation sites (N-methyl/N-ethyl adjacent to an activating group) is 1. The number of benzene rings is 2. The van der Waals surface area contributed by atoms with Gasteiger partial charge >= 0.3 is 0 Å². The molecule has 2 saturated heterocycles. The first-order chi connectivity index (χ1) is 20.8. The summed E-state index contributed by atoms with van der Waals surface area (Å²) in [5, 5.41) is 11.8. The molecule has 0 saturated carbocycles. The molecule has 9 heteroatoms. The largest absolute Gasteiger partial charge is 0.476 e. The summed E-state index contributed by atoms with van der Waals surface area (Å²) < 4.78 is 20.1. The second-order valence-corrected chi connectivity index (χ2v) is 11.5. The van der Waals surface area contributed by atoms with E-state index < -0.39 is 17.8 Å². The zero-order valence-corrected chi connectivity index (χ0v) is 24.6. The molecule has 0 bridgehead atoms. The van der Waals surface area contributed by atoms with Crippen LogP contribution in [0.2, 0.25) is 0 Å². The highest BCUT2D eigenvalue weighted by molar-refractivity contribution is 6.01. The van der Waals surface area contributed by atoms with Crippen LogP contribution < -0.4 is 9.64 Å². The first kappa shape index (κ1) is 28.6. The molecule has 2 unspecified atom stereocenters. The van der Waals surface area contributed by atoms with Gasteiger partial charge in [0, 0.05) is 43.5 Å². The van der Waals surface area contributed by atoms with Crippen LogP contribution in [0.5, 0.6) is 5.88 Å². The van der Waals surface area contributed by atoms with Crippen LogP contribution in [-0.4, -0.2) is 77.6 Å². The van der Waals surface area contributed by atoms with Crippen LogP contribution in [0.25, 0.3) is 32.9 Å². The molecule has 2 atom stereocenters. The molecule has 1 amide bonds. The number of pyridine rings is 2. The Bertz CT molecular complexity index is 1750. The van der Waals surface area contributed by atoms with E-state index in [-0.39, 0.29) is 13.0 Å². The Morgan fingerprint density at radius 1 is 1.16 bits per heavy atom. The van der Waals surface area contributed by atoms with Crippen LogP contribution >= 0.6 is 0 Å². The van der Waals surface area contributed by atoms with Gasteiger partial charge in [0.2, 0.25) is 5.88 Å². The Labute approximate surface area is 251 Å². The number of hydrogen-bond acceptors (Lipinski definition) is 7. The summed E-state index contributed by atoms with van der Waals surface area (Å²) in [6, 6.07) is 18.5. The minimum atomic E-state index is -1.02. The molecule has 0 radical (unpaired) electrons. The van der Waals surface area contributed by atoms with Gasteiger partial charge in [-0.1, -0.05) is 43.0 Å². The number of aryl methyl sites for hydroxylation is 1. The van der Waals surface area contributed by atoms with Gasteiger partial charge in [0.1, 0.15) is 12.1 Å². The number of amides is 1. The Hall–Kier alpha value is -4.55. The third-order valence-corrected chi connectivity index (χ3v) is 8.76. The van der Waals surface area contributed by atoms with Gasteiger partial charge in [-0.05, 0) is 61.3 Å². The fraction of sp³-hybridized carbons (Fsp3) is 0.353. The third-order valence-electron chi connectivity index (χ3n) is 8.76. The van der Waals surface area contributed by atoms with E-state index in [9.17, 15) is 14.4 Å². The number of fused-ring (bicyclic) bond motifs is 2. The number of anilines is 1. The number of likely N-dealkylation sites (tertiary alicyclic amines) is 1.